The molecule has 1 aliphatic rings. The van der Waals surface area contributed by atoms with E-state index in [2.05, 4.69) is 26.6 Å². The highest BCUT2D eigenvalue weighted by molar-refractivity contribution is 5.71. The lowest BCUT2D eigenvalue weighted by molar-refractivity contribution is 0.0964. The Labute approximate surface area is 172 Å². The van der Waals surface area contributed by atoms with Gasteiger partial charge in [0.05, 0.1) is 24.1 Å². The van der Waals surface area contributed by atoms with Crippen LogP contribution in [-0.4, -0.2) is 35.0 Å². The van der Waals surface area contributed by atoms with Crippen molar-refractivity contribution < 1.29 is 13.5 Å². The molecule has 4 rings (SSSR count). The molecule has 0 atom stereocenters. The molecule has 0 unspecified atom stereocenters. The number of anilines is 1. The van der Waals surface area contributed by atoms with Crippen molar-refractivity contribution in [1.82, 2.24) is 15.2 Å². The molecule has 0 amide bonds. The highest BCUT2D eigenvalue weighted by Crippen LogP contribution is 2.45. The van der Waals surface area contributed by atoms with E-state index in [-0.39, 0.29) is 18.5 Å². The van der Waals surface area contributed by atoms with Crippen molar-refractivity contribution in [2.45, 2.75) is 24.4 Å². The fourth-order valence-corrected chi connectivity index (χ4v) is 3.86. The predicted octanol–water partition coefficient (Wildman–Crippen LogP) is 4.04. The fourth-order valence-electron chi connectivity index (χ4n) is 3.86. The van der Waals surface area contributed by atoms with E-state index in [9.17, 15) is 14.0 Å². The molecule has 3 aromatic rings. The lowest BCUT2D eigenvalue weighted by Crippen LogP contribution is -2.49. The summed E-state index contributed by atoms with van der Waals surface area (Å²) in [5.41, 5.74) is 1.17. The number of aromatic nitrogens is 3. The molecule has 30 heavy (non-hydrogen) atoms. The number of halogens is 2. The van der Waals surface area contributed by atoms with Gasteiger partial charge in [-0.2, -0.15) is 5.26 Å². The predicted molar refractivity (Wildman–Crippen MR) is 107 cm³/mol. The van der Waals surface area contributed by atoms with Crippen LogP contribution in [0.15, 0.2) is 48.7 Å². The third-order valence-electron chi connectivity index (χ3n) is 5.37. The summed E-state index contributed by atoms with van der Waals surface area (Å²) >= 11 is 0. The van der Waals surface area contributed by atoms with Crippen LogP contribution in [0, 0.1) is 17.1 Å². The van der Waals surface area contributed by atoms with E-state index in [1.54, 1.807) is 30.3 Å². The van der Waals surface area contributed by atoms with Crippen LogP contribution in [0.1, 0.15) is 24.1 Å². The Balaban J connectivity index is 1.53. The van der Waals surface area contributed by atoms with E-state index < -0.39 is 17.4 Å². The summed E-state index contributed by atoms with van der Waals surface area (Å²) < 4.78 is 33.3. The first-order valence-electron chi connectivity index (χ1n) is 9.46. The number of alkyl halides is 1. The van der Waals surface area contributed by atoms with E-state index in [0.29, 0.717) is 34.9 Å². The number of nitrogens with zero attached hydrogens (tertiary/aromatic N) is 4. The van der Waals surface area contributed by atoms with Gasteiger partial charge in [0, 0.05) is 23.7 Å². The van der Waals surface area contributed by atoms with Gasteiger partial charge in [0.1, 0.15) is 29.6 Å². The number of benzene rings is 1. The van der Waals surface area contributed by atoms with Gasteiger partial charge in [0.25, 0.3) is 0 Å². The first-order valence-corrected chi connectivity index (χ1v) is 9.46. The molecule has 0 saturated heterocycles. The number of para-hydroxylation sites is 1. The minimum atomic E-state index is -0.971. The number of ether oxygens (including phenoxy) is 1. The summed E-state index contributed by atoms with van der Waals surface area (Å²) in [6, 6.07) is 13.6. The van der Waals surface area contributed by atoms with Gasteiger partial charge >= 0.3 is 0 Å². The molecular formula is C22H19F2N5O. The largest absolute Gasteiger partial charge is 0.495 e. The molecule has 1 aliphatic carbocycles. The van der Waals surface area contributed by atoms with Crippen molar-refractivity contribution in [1.29, 1.82) is 5.26 Å². The van der Waals surface area contributed by atoms with Crippen molar-refractivity contribution >= 4 is 5.82 Å². The standard InChI is InChI=1S/C22H19F2N5O/c1-30-20-14(12-25)4-2-5-16(20)18-7-8-19(29-28-18)27-13-22(10-15(23)11-22)21-17(24)6-3-9-26-21/h2-9,15H,10-11,13H2,1H3,(H,27,29)/t15-,22-. The van der Waals surface area contributed by atoms with Gasteiger partial charge in [0.2, 0.25) is 0 Å². The Bertz CT molecular complexity index is 1090. The average molecular weight is 407 g/mol. The smallest absolute Gasteiger partial charge is 0.148 e. The SMILES string of the molecule is COc1c(C#N)cccc1-c1ccc(NC[C@]2(c3ncccc3F)C[C@H](F)C2)nn1. The summed E-state index contributed by atoms with van der Waals surface area (Å²) in [6.07, 6.45) is 0.958. The molecule has 1 N–H and O–H groups in total. The van der Waals surface area contributed by atoms with Crippen LogP contribution in [0.4, 0.5) is 14.6 Å². The van der Waals surface area contributed by atoms with Gasteiger partial charge in [-0.15, -0.1) is 10.2 Å². The monoisotopic (exact) mass is 407 g/mol. The van der Waals surface area contributed by atoms with E-state index in [4.69, 9.17) is 4.74 Å². The Kier molecular flexibility index (Phi) is 5.27. The highest BCUT2D eigenvalue weighted by Gasteiger charge is 2.48. The zero-order chi connectivity index (χ0) is 21.1. The molecule has 2 heterocycles. The average Bonchev–Trinajstić information content (AvgIpc) is 2.76. The van der Waals surface area contributed by atoms with Crippen molar-refractivity contribution in [3.05, 3.63) is 65.7 Å². The maximum absolute atomic E-state index is 14.3. The molecule has 1 aromatic carbocycles. The minimum absolute atomic E-state index is 0.206. The highest BCUT2D eigenvalue weighted by atomic mass is 19.1. The molecule has 1 fully saturated rings. The maximum atomic E-state index is 14.3. The third-order valence-corrected chi connectivity index (χ3v) is 5.37. The van der Waals surface area contributed by atoms with Gasteiger partial charge in [-0.1, -0.05) is 6.07 Å². The zero-order valence-electron chi connectivity index (χ0n) is 16.3. The quantitative estimate of drug-likeness (QED) is 0.664. The number of hydrogen-bond donors (Lipinski definition) is 1. The molecule has 6 nitrogen and oxygen atoms in total. The topological polar surface area (TPSA) is 83.7 Å². The first-order chi connectivity index (χ1) is 14.6. The van der Waals surface area contributed by atoms with Crippen LogP contribution in [0.2, 0.25) is 0 Å². The van der Waals surface area contributed by atoms with E-state index in [1.165, 1.54) is 25.4 Å². The zero-order valence-corrected chi connectivity index (χ0v) is 16.3. The molecule has 1 saturated carbocycles. The van der Waals surface area contributed by atoms with Crippen LogP contribution in [0.5, 0.6) is 5.75 Å². The minimum Gasteiger partial charge on any atom is -0.495 e. The van der Waals surface area contributed by atoms with Gasteiger partial charge in [-0.3, -0.25) is 4.98 Å². The number of pyridine rings is 1. The molecule has 0 radical (unpaired) electrons. The van der Waals surface area contributed by atoms with Crippen LogP contribution in [-0.2, 0) is 5.41 Å². The lowest BCUT2D eigenvalue weighted by Gasteiger charge is -2.44. The van der Waals surface area contributed by atoms with Gasteiger partial charge in [0.15, 0.2) is 0 Å². The Hall–Kier alpha value is -3.60. The van der Waals surface area contributed by atoms with Crippen molar-refractivity contribution in [3.63, 3.8) is 0 Å². The lowest BCUT2D eigenvalue weighted by atomic mass is 9.65. The van der Waals surface area contributed by atoms with Crippen molar-refractivity contribution in [2.24, 2.45) is 0 Å². The fraction of sp³-hybridized carbons (Fsp3) is 0.273. The first kappa shape index (κ1) is 19.7. The second kappa shape index (κ2) is 8.03. The number of nitriles is 1. The van der Waals surface area contributed by atoms with Gasteiger partial charge in [-0.25, -0.2) is 8.78 Å². The van der Waals surface area contributed by atoms with Gasteiger partial charge in [-0.05, 0) is 49.2 Å². The Morgan fingerprint density at radius 1 is 1.20 bits per heavy atom. The van der Waals surface area contributed by atoms with Crippen LogP contribution in [0.25, 0.3) is 11.3 Å². The molecule has 8 heteroatoms. The van der Waals surface area contributed by atoms with Crippen LogP contribution >= 0.6 is 0 Å². The Morgan fingerprint density at radius 3 is 2.67 bits per heavy atom. The second-order valence-corrected chi connectivity index (χ2v) is 7.28. The summed E-state index contributed by atoms with van der Waals surface area (Å²) in [5, 5.41) is 20.8. The molecule has 152 valence electrons. The summed E-state index contributed by atoms with van der Waals surface area (Å²) in [6.45, 7) is 0.294. The number of nitrogens with one attached hydrogen (secondary N) is 1. The molecule has 0 spiro atoms. The molecule has 0 bridgehead atoms. The second-order valence-electron chi connectivity index (χ2n) is 7.28. The number of rotatable bonds is 6. The van der Waals surface area contributed by atoms with E-state index >= 15 is 0 Å². The van der Waals surface area contributed by atoms with E-state index in [0.717, 1.165) is 0 Å². The van der Waals surface area contributed by atoms with Gasteiger partial charge < -0.3 is 10.1 Å². The Morgan fingerprint density at radius 2 is 2.03 bits per heavy atom. The maximum Gasteiger partial charge on any atom is 0.148 e. The van der Waals surface area contributed by atoms with E-state index in [1.807, 2.05) is 0 Å². The van der Waals surface area contributed by atoms with Crippen molar-refractivity contribution in [2.75, 3.05) is 19.0 Å². The number of hydrogen-bond acceptors (Lipinski definition) is 6. The summed E-state index contributed by atoms with van der Waals surface area (Å²) in [5.74, 6) is 0.479. The molecular weight excluding hydrogens is 388 g/mol. The van der Waals surface area contributed by atoms with Crippen LogP contribution in [0.3, 0.4) is 0 Å². The summed E-state index contributed by atoms with van der Waals surface area (Å²) in [4.78, 5) is 4.15. The third kappa shape index (κ3) is 3.54. The summed E-state index contributed by atoms with van der Waals surface area (Å²) in [7, 11) is 1.50. The van der Waals surface area contributed by atoms with Crippen LogP contribution < -0.4 is 10.1 Å². The molecule has 0 aliphatic heterocycles. The number of methoxy groups -OCH3 is 1. The normalized spacial score (nSPS) is 20.1. The molecule has 2 aromatic heterocycles. The van der Waals surface area contributed by atoms with Crippen molar-refractivity contribution in [3.8, 4) is 23.1 Å².